The van der Waals surface area contributed by atoms with Gasteiger partial charge < -0.3 is 5.11 Å². The number of β-amino-alcohol motifs (C(OH)–C–C–N with tert-alkyl or cyclic N) is 1. The minimum absolute atomic E-state index is 0.329. The molecule has 0 saturated carbocycles. The molecule has 22 heavy (non-hydrogen) atoms. The molecule has 1 aromatic rings. The maximum Gasteiger partial charge on any atom is 0.208 e. The average molecular weight is 330 g/mol. The topological polar surface area (TPSA) is 87.5 Å². The molecule has 2 heterocycles. The van der Waals surface area contributed by atoms with Gasteiger partial charge in [0.25, 0.3) is 0 Å². The molecule has 1 saturated heterocycles. The summed E-state index contributed by atoms with van der Waals surface area (Å²) in [5, 5.41) is 14.3. The van der Waals surface area contributed by atoms with E-state index in [-0.39, 0.29) is 0 Å². The Morgan fingerprint density at radius 1 is 1.41 bits per heavy atom. The maximum atomic E-state index is 11.1. The van der Waals surface area contributed by atoms with Crippen LogP contribution in [0, 0.1) is 0 Å². The van der Waals surface area contributed by atoms with Crippen LogP contribution >= 0.6 is 0 Å². The lowest BCUT2D eigenvalue weighted by molar-refractivity contribution is 0.0541. The lowest BCUT2D eigenvalue weighted by Crippen LogP contribution is -2.45. The number of aromatic nitrogens is 2. The van der Waals surface area contributed by atoms with E-state index in [1.54, 1.807) is 10.9 Å². The van der Waals surface area contributed by atoms with E-state index < -0.39 is 16.1 Å². The van der Waals surface area contributed by atoms with Gasteiger partial charge in [-0.05, 0) is 31.9 Å². The number of aliphatic hydroxyl groups is 1. The minimum Gasteiger partial charge on any atom is -0.390 e. The zero-order chi connectivity index (χ0) is 16.0. The van der Waals surface area contributed by atoms with Gasteiger partial charge in [-0.25, -0.2) is 13.1 Å². The van der Waals surface area contributed by atoms with Crippen molar-refractivity contribution in [2.24, 2.45) is 0 Å². The van der Waals surface area contributed by atoms with Crippen LogP contribution in [0.2, 0.25) is 0 Å². The van der Waals surface area contributed by atoms with Gasteiger partial charge in [-0.1, -0.05) is 6.42 Å². The Morgan fingerprint density at radius 2 is 2.23 bits per heavy atom. The predicted octanol–water partition coefficient (Wildman–Crippen LogP) is 0.0378. The molecule has 0 amide bonds. The third-order valence-corrected chi connectivity index (χ3v) is 4.72. The quantitative estimate of drug-likeness (QED) is 0.703. The van der Waals surface area contributed by atoms with Crippen molar-refractivity contribution in [3.8, 4) is 0 Å². The smallest absolute Gasteiger partial charge is 0.208 e. The van der Waals surface area contributed by atoms with Crippen LogP contribution in [0.15, 0.2) is 18.5 Å². The van der Waals surface area contributed by atoms with Crippen LogP contribution in [0.1, 0.15) is 25.7 Å². The Balaban J connectivity index is 1.81. The molecule has 2 N–H and O–H groups in total. The zero-order valence-corrected chi connectivity index (χ0v) is 13.9. The monoisotopic (exact) mass is 330 g/mol. The first-order valence-electron chi connectivity index (χ1n) is 7.78. The Bertz CT molecular complexity index is 532. The molecule has 126 valence electrons. The summed E-state index contributed by atoms with van der Waals surface area (Å²) in [6, 6.07) is 2.17. The molecule has 2 atom stereocenters. The largest absolute Gasteiger partial charge is 0.390 e. The van der Waals surface area contributed by atoms with Gasteiger partial charge in [-0.3, -0.25) is 9.58 Å². The molecule has 8 heteroatoms. The highest BCUT2D eigenvalue weighted by atomic mass is 32.2. The molecule has 1 aliphatic rings. The fourth-order valence-electron chi connectivity index (χ4n) is 2.99. The van der Waals surface area contributed by atoms with Crippen molar-refractivity contribution in [1.82, 2.24) is 19.4 Å². The summed E-state index contributed by atoms with van der Waals surface area (Å²) in [6.45, 7) is 2.50. The second-order valence-corrected chi connectivity index (χ2v) is 7.81. The molecule has 0 unspecified atom stereocenters. The SMILES string of the molecule is CS(=O)(=O)NCC[C@@H]1CCCCN1C[C@@H](O)Cn1cccn1. The maximum absolute atomic E-state index is 11.1. The standard InChI is InChI=1S/C14H26N4O3S/c1-22(20,21)16-8-6-13-5-2-3-9-17(13)11-14(19)12-18-10-4-7-15-18/h4,7,10,13-14,16,19H,2-3,5-6,8-9,11-12H2,1H3/t13-,14+/m0/s1. The second-order valence-electron chi connectivity index (χ2n) is 5.98. The lowest BCUT2D eigenvalue weighted by Gasteiger charge is -2.37. The highest BCUT2D eigenvalue weighted by molar-refractivity contribution is 7.88. The van der Waals surface area contributed by atoms with Crippen molar-refractivity contribution < 1.29 is 13.5 Å². The van der Waals surface area contributed by atoms with E-state index >= 15 is 0 Å². The summed E-state index contributed by atoms with van der Waals surface area (Å²) in [5.41, 5.74) is 0. The van der Waals surface area contributed by atoms with E-state index in [2.05, 4.69) is 14.7 Å². The van der Waals surface area contributed by atoms with Gasteiger partial charge in [0.1, 0.15) is 0 Å². The van der Waals surface area contributed by atoms with Gasteiger partial charge in [0, 0.05) is 31.5 Å². The van der Waals surface area contributed by atoms with Gasteiger partial charge in [0.05, 0.1) is 18.9 Å². The van der Waals surface area contributed by atoms with Crippen LogP contribution in [0.3, 0.4) is 0 Å². The molecule has 0 bridgehead atoms. The van der Waals surface area contributed by atoms with Crippen LogP contribution in [0.5, 0.6) is 0 Å². The highest BCUT2D eigenvalue weighted by Gasteiger charge is 2.24. The van der Waals surface area contributed by atoms with Crippen LogP contribution in [0.25, 0.3) is 0 Å². The van der Waals surface area contributed by atoms with Crippen molar-refractivity contribution in [3.63, 3.8) is 0 Å². The minimum atomic E-state index is -3.13. The second kappa shape index (κ2) is 8.05. The molecule has 2 rings (SSSR count). The summed E-state index contributed by atoms with van der Waals surface area (Å²) in [5.74, 6) is 0. The Morgan fingerprint density at radius 3 is 2.91 bits per heavy atom. The van der Waals surface area contributed by atoms with Gasteiger partial charge >= 0.3 is 0 Å². The molecular weight excluding hydrogens is 304 g/mol. The summed E-state index contributed by atoms with van der Waals surface area (Å²) in [4.78, 5) is 2.28. The number of nitrogens with zero attached hydrogens (tertiary/aromatic N) is 3. The van der Waals surface area contributed by atoms with Crippen molar-refractivity contribution in [3.05, 3.63) is 18.5 Å². The van der Waals surface area contributed by atoms with Crippen molar-refractivity contribution in [1.29, 1.82) is 0 Å². The predicted molar refractivity (Wildman–Crippen MR) is 84.9 cm³/mol. The Hall–Kier alpha value is -0.960. The lowest BCUT2D eigenvalue weighted by atomic mass is 9.99. The van der Waals surface area contributed by atoms with Crippen LogP contribution in [-0.2, 0) is 16.6 Å². The number of hydrogen-bond acceptors (Lipinski definition) is 5. The number of piperidine rings is 1. The third-order valence-electron chi connectivity index (χ3n) is 3.99. The number of hydrogen-bond donors (Lipinski definition) is 2. The number of nitrogens with one attached hydrogen (secondary N) is 1. The van der Waals surface area contributed by atoms with E-state index in [1.165, 1.54) is 6.26 Å². The van der Waals surface area contributed by atoms with Crippen LogP contribution in [0.4, 0.5) is 0 Å². The molecule has 0 spiro atoms. The highest BCUT2D eigenvalue weighted by Crippen LogP contribution is 2.19. The average Bonchev–Trinajstić information content (AvgIpc) is 2.92. The molecule has 7 nitrogen and oxygen atoms in total. The first-order chi connectivity index (χ1) is 10.4. The molecule has 1 fully saturated rings. The number of rotatable bonds is 8. The van der Waals surface area contributed by atoms with Crippen molar-refractivity contribution >= 4 is 10.0 Å². The summed E-state index contributed by atoms with van der Waals surface area (Å²) < 4.78 is 26.6. The fraction of sp³-hybridized carbons (Fsp3) is 0.786. The number of aliphatic hydroxyl groups excluding tert-OH is 1. The van der Waals surface area contributed by atoms with Gasteiger partial charge in [0.2, 0.25) is 10.0 Å². The fourth-order valence-corrected chi connectivity index (χ4v) is 3.48. The first kappa shape index (κ1) is 17.4. The third kappa shape index (κ3) is 6.04. The molecular formula is C14H26N4O3S. The number of sulfonamides is 1. The van der Waals surface area contributed by atoms with E-state index in [9.17, 15) is 13.5 Å². The molecule has 0 aromatic carbocycles. The molecule has 0 aliphatic carbocycles. The van der Waals surface area contributed by atoms with Crippen LogP contribution < -0.4 is 4.72 Å². The van der Waals surface area contributed by atoms with E-state index in [4.69, 9.17) is 0 Å². The Kier molecular flexibility index (Phi) is 6.37. The van der Waals surface area contributed by atoms with Gasteiger partial charge in [-0.2, -0.15) is 5.10 Å². The number of likely N-dealkylation sites (tertiary alicyclic amines) is 1. The van der Waals surface area contributed by atoms with Crippen molar-refractivity contribution in [2.45, 2.75) is 44.4 Å². The van der Waals surface area contributed by atoms with Crippen molar-refractivity contribution in [2.75, 3.05) is 25.9 Å². The zero-order valence-electron chi connectivity index (χ0n) is 13.1. The Labute approximate surface area is 132 Å². The first-order valence-corrected chi connectivity index (χ1v) is 9.67. The van der Waals surface area contributed by atoms with Crippen LogP contribution in [-0.4, -0.2) is 66.2 Å². The van der Waals surface area contributed by atoms with E-state index in [0.29, 0.717) is 25.7 Å². The molecule has 1 aliphatic heterocycles. The summed E-state index contributed by atoms with van der Waals surface area (Å²) in [6.07, 6.45) is 8.38. The summed E-state index contributed by atoms with van der Waals surface area (Å²) >= 11 is 0. The van der Waals surface area contributed by atoms with E-state index in [0.717, 1.165) is 32.2 Å². The molecule has 0 radical (unpaired) electrons. The van der Waals surface area contributed by atoms with Gasteiger partial charge in [0.15, 0.2) is 0 Å². The van der Waals surface area contributed by atoms with E-state index in [1.807, 2.05) is 12.3 Å². The van der Waals surface area contributed by atoms with Gasteiger partial charge in [-0.15, -0.1) is 0 Å². The summed E-state index contributed by atoms with van der Waals surface area (Å²) in [7, 11) is -3.13. The molecule has 1 aromatic heterocycles. The normalized spacial score (nSPS) is 21.8.